The Morgan fingerprint density at radius 3 is 2.84 bits per heavy atom. The van der Waals surface area contributed by atoms with Crippen molar-refractivity contribution in [2.24, 2.45) is 9.50 Å². The minimum Gasteiger partial charge on any atom is -0.393 e. The van der Waals surface area contributed by atoms with Crippen molar-refractivity contribution < 1.29 is 19.2 Å². The van der Waals surface area contributed by atoms with Crippen molar-refractivity contribution in [2.45, 2.75) is 68.1 Å². The van der Waals surface area contributed by atoms with Gasteiger partial charge in [-0.15, -0.1) is 15.7 Å². The lowest BCUT2D eigenvalue weighted by Gasteiger charge is -2.20. The number of rotatable bonds is 4. The van der Waals surface area contributed by atoms with Gasteiger partial charge in [-0.3, -0.25) is 4.98 Å². The van der Waals surface area contributed by atoms with Gasteiger partial charge >= 0.3 is 6.03 Å². The summed E-state index contributed by atoms with van der Waals surface area (Å²) >= 11 is 0.854. The second-order valence-corrected chi connectivity index (χ2v) is 12.0. The Balaban J connectivity index is 1.67. The zero-order valence-corrected chi connectivity index (χ0v) is 19.4. The van der Waals surface area contributed by atoms with Crippen LogP contribution in [-0.2, 0) is 40.2 Å². The van der Waals surface area contributed by atoms with Crippen LogP contribution in [-0.4, -0.2) is 37.0 Å². The van der Waals surface area contributed by atoms with Crippen molar-refractivity contribution >= 4 is 33.0 Å². The first kappa shape index (κ1) is 22.3. The number of carbonyl (C=O) groups excluding carboxylic acids is 1. The highest BCUT2D eigenvalue weighted by molar-refractivity contribution is 7.93. The first-order valence-electron chi connectivity index (χ1n) is 10.2. The van der Waals surface area contributed by atoms with Gasteiger partial charge in [-0.05, 0) is 50.2 Å². The summed E-state index contributed by atoms with van der Waals surface area (Å²) in [6, 6.07) is -0.788. The van der Waals surface area contributed by atoms with Crippen LogP contribution in [0, 0.1) is 0 Å². The molecule has 11 heteroatoms. The lowest BCUT2D eigenvalue weighted by atomic mass is 9.90. The van der Waals surface area contributed by atoms with E-state index in [-0.39, 0.29) is 14.6 Å². The molecule has 0 saturated carbocycles. The summed E-state index contributed by atoms with van der Waals surface area (Å²) in [6.45, 7) is 5.12. The monoisotopic (exact) mass is 465 g/mol. The molecule has 0 unspecified atom stereocenters. The Bertz CT molecular complexity index is 1180. The number of amides is 2. The molecule has 0 aliphatic heterocycles. The summed E-state index contributed by atoms with van der Waals surface area (Å²) in [5.41, 5.74) is 3.16. The van der Waals surface area contributed by atoms with Gasteiger partial charge < -0.3 is 15.5 Å². The van der Waals surface area contributed by atoms with Crippen molar-refractivity contribution in [1.29, 1.82) is 0 Å². The second-order valence-electron chi connectivity index (χ2n) is 8.98. The van der Waals surface area contributed by atoms with Gasteiger partial charge in [-0.1, -0.05) is 13.8 Å². The van der Waals surface area contributed by atoms with Crippen molar-refractivity contribution in [3.63, 3.8) is 0 Å². The topological polar surface area (TPSA) is 151 Å². The van der Waals surface area contributed by atoms with E-state index >= 15 is 0 Å². The molecule has 0 spiro atoms. The average Bonchev–Trinajstić information content (AvgIpc) is 3.41. The Morgan fingerprint density at radius 2 is 2.13 bits per heavy atom. The van der Waals surface area contributed by atoms with Gasteiger partial charge in [0.05, 0.1) is 24.2 Å². The molecule has 2 amide bonds. The first-order chi connectivity index (χ1) is 14.4. The van der Waals surface area contributed by atoms with Crippen molar-refractivity contribution in [2.75, 3.05) is 11.9 Å². The SMILES string of the molecule is CC1(C)CCc2c1nc1c(c2NC(=O)N=[S@@](N)(=O)c2cnc([C@](C)(O)CO)s2)CCC1. The molecule has 4 rings (SSSR count). The number of carbonyl (C=O) groups is 1. The summed E-state index contributed by atoms with van der Waals surface area (Å²) in [6.07, 6.45) is 5.66. The summed E-state index contributed by atoms with van der Waals surface area (Å²) in [4.78, 5) is 21.6. The van der Waals surface area contributed by atoms with Crippen LogP contribution < -0.4 is 10.5 Å². The fraction of sp³-hybridized carbons (Fsp3) is 0.550. The van der Waals surface area contributed by atoms with E-state index in [2.05, 4.69) is 28.5 Å². The molecule has 2 atom stereocenters. The fourth-order valence-electron chi connectivity index (χ4n) is 4.14. The Morgan fingerprint density at radius 1 is 1.39 bits per heavy atom. The molecule has 2 aliphatic carbocycles. The molecule has 168 valence electrons. The molecule has 9 nitrogen and oxygen atoms in total. The highest BCUT2D eigenvalue weighted by atomic mass is 32.2. The van der Waals surface area contributed by atoms with Crippen molar-refractivity contribution in [3.8, 4) is 0 Å². The van der Waals surface area contributed by atoms with Crippen molar-refractivity contribution in [3.05, 3.63) is 33.7 Å². The van der Waals surface area contributed by atoms with Crippen LogP contribution in [0.15, 0.2) is 14.8 Å². The molecule has 2 heterocycles. The molecule has 0 bridgehead atoms. The van der Waals surface area contributed by atoms with Gasteiger partial charge in [0.15, 0.2) is 9.92 Å². The molecule has 0 saturated heterocycles. The fourth-order valence-corrected chi connectivity index (χ4v) is 6.24. The average molecular weight is 466 g/mol. The molecule has 31 heavy (non-hydrogen) atoms. The van der Waals surface area contributed by atoms with Crippen molar-refractivity contribution in [1.82, 2.24) is 9.97 Å². The number of hydrogen-bond acceptors (Lipinski definition) is 7. The number of nitrogens with one attached hydrogen (secondary N) is 1. The van der Waals surface area contributed by atoms with E-state index in [0.29, 0.717) is 0 Å². The highest BCUT2D eigenvalue weighted by Crippen LogP contribution is 2.44. The van der Waals surface area contributed by atoms with E-state index in [0.717, 1.165) is 71.6 Å². The van der Waals surface area contributed by atoms with E-state index in [9.17, 15) is 19.2 Å². The number of aromatic nitrogens is 2. The number of fused-ring (bicyclic) bond motifs is 2. The molecule has 5 N–H and O–H groups in total. The van der Waals surface area contributed by atoms with Gasteiger partial charge in [0.1, 0.15) is 14.8 Å². The van der Waals surface area contributed by atoms with Crippen LogP contribution in [0.5, 0.6) is 0 Å². The smallest absolute Gasteiger partial charge is 0.354 e. The molecule has 2 aliphatic rings. The maximum absolute atomic E-state index is 13.0. The number of pyridine rings is 1. The summed E-state index contributed by atoms with van der Waals surface area (Å²) < 4.78 is 16.7. The first-order valence-corrected chi connectivity index (χ1v) is 12.5. The quantitative estimate of drug-likeness (QED) is 0.544. The van der Waals surface area contributed by atoms with Crippen LogP contribution in [0.2, 0.25) is 0 Å². The normalized spacial score (nSPS) is 20.5. The predicted molar refractivity (Wildman–Crippen MR) is 118 cm³/mol. The van der Waals surface area contributed by atoms with E-state index in [1.165, 1.54) is 13.1 Å². The van der Waals surface area contributed by atoms with Gasteiger partial charge in [0, 0.05) is 11.1 Å². The van der Waals surface area contributed by atoms with E-state index in [1.807, 2.05) is 0 Å². The predicted octanol–water partition coefficient (Wildman–Crippen LogP) is 2.38. The number of nitrogens with two attached hydrogens (primary N) is 1. The third-order valence-corrected chi connectivity index (χ3v) is 9.09. The third-order valence-electron chi connectivity index (χ3n) is 5.96. The molecule has 0 aromatic carbocycles. The minimum absolute atomic E-state index is 0.0534. The summed E-state index contributed by atoms with van der Waals surface area (Å²) in [5.74, 6) is 0. The lowest BCUT2D eigenvalue weighted by molar-refractivity contribution is -0.00244. The van der Waals surface area contributed by atoms with Gasteiger partial charge in [0.2, 0.25) is 0 Å². The number of aryl methyl sites for hydroxylation is 1. The van der Waals surface area contributed by atoms with Gasteiger partial charge in [0.25, 0.3) is 0 Å². The number of nitrogens with zero attached hydrogens (tertiary/aromatic N) is 3. The standard InChI is InChI=1S/C20H27N5O4S2/c1-19(2)8-7-12-15(11-5-4-6-13(11)23-16(12)19)24-18(27)25-31(21,29)14-9-22-17(30-14)20(3,28)10-26/h9,26,28H,4-8,10H2,1-3H3,(H3,21,23,24,25,27,29)/t20-,31-/m1/s1. The van der Waals surface area contributed by atoms with Gasteiger partial charge in [-0.2, -0.15) is 0 Å². The zero-order chi connectivity index (χ0) is 22.6. The van der Waals surface area contributed by atoms with Crippen LogP contribution in [0.25, 0.3) is 0 Å². The Hall–Kier alpha value is -1.92. The number of aliphatic hydroxyl groups excluding tert-OH is 1. The maximum atomic E-state index is 13.0. The zero-order valence-electron chi connectivity index (χ0n) is 17.8. The Kier molecular flexibility index (Phi) is 5.46. The van der Waals surface area contributed by atoms with Crippen LogP contribution in [0.1, 0.15) is 61.1 Å². The van der Waals surface area contributed by atoms with Gasteiger partial charge in [-0.25, -0.2) is 19.1 Å². The molecule has 2 aromatic heterocycles. The van der Waals surface area contributed by atoms with E-state index < -0.39 is 28.2 Å². The van der Waals surface area contributed by atoms with Crippen LogP contribution in [0.3, 0.4) is 0 Å². The number of aliphatic hydroxyl groups is 2. The maximum Gasteiger partial charge on any atom is 0.354 e. The number of anilines is 1. The molecule has 2 aromatic rings. The molecule has 0 fully saturated rings. The largest absolute Gasteiger partial charge is 0.393 e. The molecular weight excluding hydrogens is 438 g/mol. The number of thiazole rings is 1. The second kappa shape index (κ2) is 7.59. The third kappa shape index (κ3) is 4.00. The minimum atomic E-state index is -3.57. The lowest BCUT2D eigenvalue weighted by Crippen LogP contribution is -2.25. The van der Waals surface area contributed by atoms with Crippen LogP contribution >= 0.6 is 11.3 Å². The molecular formula is C20H27N5O4S2. The Labute approximate surface area is 185 Å². The van der Waals surface area contributed by atoms with E-state index in [4.69, 9.17) is 10.1 Å². The summed E-state index contributed by atoms with van der Waals surface area (Å²) in [7, 11) is -3.57. The number of urea groups is 1. The highest BCUT2D eigenvalue weighted by Gasteiger charge is 2.36. The van der Waals surface area contributed by atoms with E-state index in [1.54, 1.807) is 0 Å². The van der Waals surface area contributed by atoms with Crippen LogP contribution in [0.4, 0.5) is 10.5 Å². The summed E-state index contributed by atoms with van der Waals surface area (Å²) in [5, 5.41) is 28.3. The number of hydrogen-bond donors (Lipinski definition) is 4. The molecule has 0 radical (unpaired) electrons.